The molecule has 0 unspecified atom stereocenters. The van der Waals surface area contributed by atoms with Gasteiger partial charge in [0.25, 0.3) is 0 Å². The smallest absolute Gasteiger partial charge is 0.399 e. The number of anilines is 3. The van der Waals surface area contributed by atoms with Crippen molar-refractivity contribution in [2.75, 3.05) is 36.1 Å². The van der Waals surface area contributed by atoms with Crippen LogP contribution in [-0.2, 0) is 6.18 Å². The summed E-state index contributed by atoms with van der Waals surface area (Å²) in [6.45, 7) is 5.50. The molecule has 34 heavy (non-hydrogen) atoms. The van der Waals surface area contributed by atoms with Gasteiger partial charge in [-0.2, -0.15) is 18.3 Å². The maximum atomic E-state index is 13.2. The van der Waals surface area contributed by atoms with E-state index in [2.05, 4.69) is 37.3 Å². The number of halogens is 3. The van der Waals surface area contributed by atoms with Gasteiger partial charge < -0.3 is 16.0 Å². The highest BCUT2D eigenvalue weighted by molar-refractivity contribution is 5.94. The Bertz CT molecular complexity index is 1230. The Morgan fingerprint density at radius 1 is 1.09 bits per heavy atom. The van der Waals surface area contributed by atoms with E-state index in [1.54, 1.807) is 13.1 Å². The molecule has 8 nitrogen and oxygen atoms in total. The Balaban J connectivity index is 1.49. The summed E-state index contributed by atoms with van der Waals surface area (Å²) in [5, 5.41) is 13.4. The van der Waals surface area contributed by atoms with Crippen molar-refractivity contribution in [3.05, 3.63) is 41.5 Å². The molecule has 3 N–H and O–H groups in total. The van der Waals surface area contributed by atoms with Crippen LogP contribution in [0.25, 0.3) is 10.8 Å². The second-order valence-corrected chi connectivity index (χ2v) is 9.27. The van der Waals surface area contributed by atoms with Gasteiger partial charge >= 0.3 is 6.18 Å². The number of aromatic nitrogens is 4. The largest absolute Gasteiger partial charge is 0.433 e. The first kappa shape index (κ1) is 22.6. The number of piperidine rings is 2. The summed E-state index contributed by atoms with van der Waals surface area (Å²) in [6.07, 6.45) is -0.458. The minimum Gasteiger partial charge on any atom is -0.399 e. The van der Waals surface area contributed by atoms with Crippen LogP contribution in [0.2, 0.25) is 0 Å². The third-order valence-corrected chi connectivity index (χ3v) is 6.89. The minimum atomic E-state index is -4.58. The molecule has 0 aliphatic carbocycles. The van der Waals surface area contributed by atoms with Crippen molar-refractivity contribution < 1.29 is 13.2 Å². The van der Waals surface area contributed by atoms with Crippen LogP contribution in [0.1, 0.15) is 42.9 Å². The zero-order valence-electron chi connectivity index (χ0n) is 19.3. The van der Waals surface area contributed by atoms with Crippen LogP contribution in [0.4, 0.5) is 30.5 Å². The highest BCUT2D eigenvalue weighted by Gasteiger charge is 2.38. The predicted molar refractivity (Wildman–Crippen MR) is 125 cm³/mol. The lowest BCUT2D eigenvalue weighted by Gasteiger charge is -2.50. The Labute approximate surface area is 195 Å². The van der Waals surface area contributed by atoms with Crippen LogP contribution in [0.5, 0.6) is 0 Å². The van der Waals surface area contributed by atoms with Gasteiger partial charge in [0.1, 0.15) is 11.5 Å². The van der Waals surface area contributed by atoms with E-state index in [1.165, 1.54) is 12.5 Å². The Kier molecular flexibility index (Phi) is 5.46. The van der Waals surface area contributed by atoms with E-state index in [0.717, 1.165) is 47.9 Å². The van der Waals surface area contributed by atoms with Gasteiger partial charge in [0.2, 0.25) is 0 Å². The van der Waals surface area contributed by atoms with Gasteiger partial charge in [0, 0.05) is 47.8 Å². The molecular weight excluding hydrogens is 445 g/mol. The number of alkyl halides is 3. The minimum absolute atomic E-state index is 0.00225. The second-order valence-electron chi connectivity index (χ2n) is 9.27. The van der Waals surface area contributed by atoms with Gasteiger partial charge in [-0.1, -0.05) is 0 Å². The highest BCUT2D eigenvalue weighted by Crippen LogP contribution is 2.35. The molecule has 3 fully saturated rings. The summed E-state index contributed by atoms with van der Waals surface area (Å²) in [5.74, 6) is 1.34. The van der Waals surface area contributed by atoms with E-state index in [1.807, 2.05) is 13.0 Å². The van der Waals surface area contributed by atoms with Crippen molar-refractivity contribution >= 4 is 28.1 Å². The van der Waals surface area contributed by atoms with Crippen molar-refractivity contribution in [1.29, 1.82) is 0 Å². The molecule has 0 saturated carbocycles. The topological polar surface area (TPSA) is 96.1 Å². The summed E-state index contributed by atoms with van der Waals surface area (Å²) in [4.78, 5) is 13.3. The zero-order chi connectivity index (χ0) is 24.2. The molecule has 3 aliphatic heterocycles. The molecule has 3 aliphatic rings. The number of nitrogens with zero attached hydrogens (tertiary/aromatic N) is 6. The van der Waals surface area contributed by atoms with Gasteiger partial charge in [-0.15, -0.1) is 5.10 Å². The van der Waals surface area contributed by atoms with Crippen LogP contribution in [0, 0.1) is 6.92 Å². The molecule has 0 aromatic carbocycles. The van der Waals surface area contributed by atoms with Gasteiger partial charge in [-0.05, 0) is 51.9 Å². The van der Waals surface area contributed by atoms with E-state index in [0.29, 0.717) is 17.9 Å². The van der Waals surface area contributed by atoms with E-state index in [4.69, 9.17) is 10.7 Å². The summed E-state index contributed by atoms with van der Waals surface area (Å²) in [5.41, 5.74) is 5.61. The van der Waals surface area contributed by atoms with E-state index in [-0.39, 0.29) is 11.4 Å². The molecule has 2 bridgehead atoms. The molecule has 3 aromatic heterocycles. The first-order valence-electron chi connectivity index (χ1n) is 11.3. The van der Waals surface area contributed by atoms with Gasteiger partial charge in [0.05, 0.1) is 17.4 Å². The lowest BCUT2D eigenvalue weighted by Crippen LogP contribution is -2.61. The van der Waals surface area contributed by atoms with Crippen molar-refractivity contribution in [1.82, 2.24) is 25.1 Å². The first-order chi connectivity index (χ1) is 16.1. The number of aryl methyl sites for hydroxylation is 1. The highest BCUT2D eigenvalue weighted by atomic mass is 19.4. The van der Waals surface area contributed by atoms with Crippen LogP contribution < -0.4 is 16.0 Å². The molecule has 180 valence electrons. The number of hydrogen-bond donors (Lipinski definition) is 2. The van der Waals surface area contributed by atoms with E-state index >= 15 is 0 Å². The fourth-order valence-electron chi connectivity index (χ4n) is 4.96. The average Bonchev–Trinajstić information content (AvgIpc) is 2.80. The SMILES string of the molecule is Cc1nnc(N[C@H](C)c2cc(N)cc(C(F)(F)F)n2)c2cc(N3C[C@H]4CC[C@@H]3CN4C)ncc12. The molecule has 6 heterocycles. The van der Waals surface area contributed by atoms with Crippen molar-refractivity contribution in [2.24, 2.45) is 0 Å². The number of fused-ring (bicyclic) bond motifs is 4. The number of likely N-dealkylation sites (N-methyl/N-ethyl adjacent to an activating group) is 1. The monoisotopic (exact) mass is 472 g/mol. The molecule has 3 atom stereocenters. The molecule has 0 spiro atoms. The summed E-state index contributed by atoms with van der Waals surface area (Å²) in [7, 11) is 2.17. The maximum Gasteiger partial charge on any atom is 0.433 e. The summed E-state index contributed by atoms with van der Waals surface area (Å²) < 4.78 is 39.7. The molecule has 0 amide bonds. The molecule has 3 saturated heterocycles. The van der Waals surface area contributed by atoms with E-state index in [9.17, 15) is 13.2 Å². The number of rotatable bonds is 4. The first-order valence-corrected chi connectivity index (χ1v) is 11.3. The molecule has 6 rings (SSSR count). The number of hydrogen-bond acceptors (Lipinski definition) is 8. The van der Waals surface area contributed by atoms with Crippen LogP contribution in [0.3, 0.4) is 0 Å². The van der Waals surface area contributed by atoms with Crippen LogP contribution in [-0.4, -0.2) is 57.3 Å². The number of piperazine rings is 1. The summed E-state index contributed by atoms with van der Waals surface area (Å²) in [6, 6.07) is 4.60. The van der Waals surface area contributed by atoms with Gasteiger partial charge in [0.15, 0.2) is 5.82 Å². The third kappa shape index (κ3) is 4.08. The van der Waals surface area contributed by atoms with Gasteiger partial charge in [-0.25, -0.2) is 9.97 Å². The number of nitrogen functional groups attached to an aromatic ring is 1. The maximum absolute atomic E-state index is 13.2. The molecule has 3 aromatic rings. The lowest BCUT2D eigenvalue weighted by molar-refractivity contribution is -0.141. The molecular formula is C23H27F3N8. The lowest BCUT2D eigenvalue weighted by atomic mass is 9.91. The number of nitrogens with one attached hydrogen (secondary N) is 1. The fourth-order valence-corrected chi connectivity index (χ4v) is 4.96. The fraction of sp³-hybridized carbons (Fsp3) is 0.478. The standard InChI is InChI=1S/C23H27F3N8/c1-12-18-9-28-21(34-11-15-4-5-16(34)10-33(15)3)8-17(18)22(32-31-12)29-13(2)19-6-14(27)7-20(30-19)23(24,25)26/h6-9,13,15-16H,4-5,10-11H2,1-3H3,(H2,27,30)(H,29,32)/t13-,15-,16-/m1/s1. The van der Waals surface area contributed by atoms with Gasteiger partial charge in [-0.3, -0.25) is 4.90 Å². The summed E-state index contributed by atoms with van der Waals surface area (Å²) >= 11 is 0. The molecule has 11 heteroatoms. The van der Waals surface area contributed by atoms with Crippen molar-refractivity contribution in [2.45, 2.75) is 51.0 Å². The van der Waals surface area contributed by atoms with Crippen molar-refractivity contribution in [3.8, 4) is 0 Å². The van der Waals surface area contributed by atoms with Crippen molar-refractivity contribution in [3.63, 3.8) is 0 Å². The Morgan fingerprint density at radius 3 is 2.53 bits per heavy atom. The number of pyridine rings is 2. The van der Waals surface area contributed by atoms with E-state index < -0.39 is 17.9 Å². The normalized spacial score (nSPS) is 21.8. The molecule has 0 radical (unpaired) electrons. The second kappa shape index (κ2) is 8.23. The number of nitrogens with two attached hydrogens (primary N) is 1. The third-order valence-electron chi connectivity index (χ3n) is 6.89. The predicted octanol–water partition coefficient (Wildman–Crippen LogP) is 3.79. The zero-order valence-corrected chi connectivity index (χ0v) is 19.3. The average molecular weight is 473 g/mol. The van der Waals surface area contributed by atoms with Crippen LogP contribution >= 0.6 is 0 Å². The quantitative estimate of drug-likeness (QED) is 0.592. The van der Waals surface area contributed by atoms with Crippen LogP contribution in [0.15, 0.2) is 24.4 Å². The Morgan fingerprint density at radius 2 is 1.85 bits per heavy atom. The Hall–Kier alpha value is -3.21.